The average Bonchev–Trinajstić information content (AvgIpc) is 2.24. The summed E-state index contributed by atoms with van der Waals surface area (Å²) in [5.74, 6) is -0.363. The smallest absolute Gasteiger partial charge is 0.303 e. The lowest BCUT2D eigenvalue weighted by molar-refractivity contribution is -0.137. The summed E-state index contributed by atoms with van der Waals surface area (Å²) in [6.45, 7) is 12.8. The van der Waals surface area contributed by atoms with E-state index in [0.717, 1.165) is 12.0 Å². The lowest BCUT2D eigenvalue weighted by Crippen LogP contribution is -2.49. The fourth-order valence-electron chi connectivity index (χ4n) is 3.69. The predicted octanol–water partition coefficient (Wildman–Crippen LogP) is 4.70. The number of carbonyl (C=O) groups is 1. The van der Waals surface area contributed by atoms with E-state index < -0.39 is 5.97 Å². The maximum atomic E-state index is 10.8. The van der Waals surface area contributed by atoms with E-state index in [1.807, 2.05) is 6.08 Å². The van der Waals surface area contributed by atoms with Crippen LogP contribution < -0.4 is 0 Å². The molecular formula is C17H28O3. The first kappa shape index (κ1) is 16.8. The first-order chi connectivity index (χ1) is 8.92. The summed E-state index contributed by atoms with van der Waals surface area (Å²) in [5.41, 5.74) is 0.501. The summed E-state index contributed by atoms with van der Waals surface area (Å²) in [6, 6.07) is 0. The Morgan fingerprint density at radius 3 is 2.05 bits per heavy atom. The molecule has 0 fully saturated rings. The zero-order chi connectivity index (χ0) is 15.8. The Labute approximate surface area is 122 Å². The minimum Gasteiger partial charge on any atom is -0.512 e. The van der Waals surface area contributed by atoms with E-state index in [9.17, 15) is 9.90 Å². The second kappa shape index (κ2) is 5.27. The predicted molar refractivity (Wildman–Crippen MR) is 81.6 cm³/mol. The highest BCUT2D eigenvalue weighted by Gasteiger charge is 2.54. The third kappa shape index (κ3) is 2.92. The number of hydrogen-bond donors (Lipinski definition) is 2. The van der Waals surface area contributed by atoms with Crippen LogP contribution in [0.15, 0.2) is 23.5 Å². The Bertz CT molecular complexity index is 428. The van der Waals surface area contributed by atoms with E-state index >= 15 is 0 Å². The van der Waals surface area contributed by atoms with Crippen molar-refractivity contribution in [3.05, 3.63) is 23.5 Å². The number of carboxylic acid groups (broad SMARTS) is 1. The van der Waals surface area contributed by atoms with Crippen LogP contribution in [0.1, 0.15) is 60.8 Å². The van der Waals surface area contributed by atoms with Gasteiger partial charge in [0.05, 0.1) is 5.76 Å². The maximum absolute atomic E-state index is 10.8. The molecule has 0 unspecified atom stereocenters. The molecule has 0 aliphatic heterocycles. The summed E-state index contributed by atoms with van der Waals surface area (Å²) in [5, 5.41) is 19.4. The molecule has 114 valence electrons. The number of allylic oxidation sites excluding steroid dienone is 4. The van der Waals surface area contributed by atoms with E-state index in [-0.39, 0.29) is 22.7 Å². The second-order valence-electron chi connectivity index (χ2n) is 7.85. The Morgan fingerprint density at radius 1 is 1.15 bits per heavy atom. The zero-order valence-electron chi connectivity index (χ0n) is 13.6. The van der Waals surface area contributed by atoms with E-state index in [4.69, 9.17) is 5.11 Å². The van der Waals surface area contributed by atoms with Gasteiger partial charge < -0.3 is 10.2 Å². The van der Waals surface area contributed by atoms with Gasteiger partial charge in [0.15, 0.2) is 0 Å². The van der Waals surface area contributed by atoms with Gasteiger partial charge in [-0.3, -0.25) is 4.79 Å². The van der Waals surface area contributed by atoms with E-state index in [1.165, 1.54) is 0 Å². The van der Waals surface area contributed by atoms with Crippen molar-refractivity contribution in [2.45, 2.75) is 60.8 Å². The Hall–Kier alpha value is -1.25. The van der Waals surface area contributed by atoms with Gasteiger partial charge in [-0.2, -0.15) is 0 Å². The molecule has 0 spiro atoms. The SMILES string of the molecule is CC(C)(C)C1(C(C)(C)C)CC(CCC(=O)O)=CC=C1O. The molecule has 0 radical (unpaired) electrons. The first-order valence-electron chi connectivity index (χ1n) is 7.23. The van der Waals surface area contributed by atoms with Crippen LogP contribution in [0, 0.1) is 16.2 Å². The number of hydrogen-bond acceptors (Lipinski definition) is 2. The summed E-state index contributed by atoms with van der Waals surface area (Å²) >= 11 is 0. The van der Waals surface area contributed by atoms with E-state index in [0.29, 0.717) is 12.2 Å². The molecule has 0 amide bonds. The summed E-state index contributed by atoms with van der Waals surface area (Å²) in [6.07, 6.45) is 5.05. The van der Waals surface area contributed by atoms with Crippen molar-refractivity contribution >= 4 is 5.97 Å². The summed E-state index contributed by atoms with van der Waals surface area (Å²) in [7, 11) is 0. The van der Waals surface area contributed by atoms with Gasteiger partial charge in [0, 0.05) is 11.8 Å². The molecule has 0 aromatic rings. The van der Waals surface area contributed by atoms with Crippen LogP contribution in [0.2, 0.25) is 0 Å². The minimum absolute atomic E-state index is 0.117. The van der Waals surface area contributed by atoms with Crippen LogP contribution in [0.3, 0.4) is 0 Å². The number of carboxylic acids is 1. The first-order valence-corrected chi connectivity index (χ1v) is 7.23. The van der Waals surface area contributed by atoms with Gasteiger partial charge in [-0.15, -0.1) is 0 Å². The second-order valence-corrected chi connectivity index (χ2v) is 7.85. The van der Waals surface area contributed by atoms with Crippen molar-refractivity contribution in [3.8, 4) is 0 Å². The highest BCUT2D eigenvalue weighted by molar-refractivity contribution is 5.67. The molecule has 1 aliphatic carbocycles. The normalized spacial score (nSPS) is 19.3. The van der Waals surface area contributed by atoms with Crippen LogP contribution in [0.25, 0.3) is 0 Å². The number of aliphatic hydroxyl groups excluding tert-OH is 1. The van der Waals surface area contributed by atoms with E-state index in [1.54, 1.807) is 6.08 Å². The van der Waals surface area contributed by atoms with Gasteiger partial charge in [0.1, 0.15) is 0 Å². The van der Waals surface area contributed by atoms with Crippen molar-refractivity contribution in [3.63, 3.8) is 0 Å². The molecule has 3 heteroatoms. The molecule has 0 heterocycles. The standard InChI is InChI=1S/C17H28O3/c1-15(2,3)17(16(4,5)6)11-12(7-9-13(17)18)8-10-14(19)20/h7,9,18H,8,10-11H2,1-6H3,(H,19,20). The third-order valence-corrected chi connectivity index (χ3v) is 4.63. The monoisotopic (exact) mass is 280 g/mol. The van der Waals surface area contributed by atoms with Gasteiger partial charge in [0.2, 0.25) is 0 Å². The maximum Gasteiger partial charge on any atom is 0.303 e. The van der Waals surface area contributed by atoms with Crippen molar-refractivity contribution in [1.29, 1.82) is 0 Å². The Kier molecular flexibility index (Phi) is 4.42. The van der Waals surface area contributed by atoms with Crippen LogP contribution in [0.4, 0.5) is 0 Å². The molecule has 2 N–H and O–H groups in total. The van der Waals surface area contributed by atoms with Crippen molar-refractivity contribution in [2.75, 3.05) is 0 Å². The molecule has 1 rings (SSSR count). The molecule has 20 heavy (non-hydrogen) atoms. The lowest BCUT2D eigenvalue weighted by Gasteiger charge is -2.54. The molecular weight excluding hydrogens is 252 g/mol. The van der Waals surface area contributed by atoms with E-state index in [2.05, 4.69) is 41.5 Å². The molecule has 0 aromatic heterocycles. The fraction of sp³-hybridized carbons (Fsp3) is 0.706. The van der Waals surface area contributed by atoms with Gasteiger partial charge in [-0.05, 0) is 29.7 Å². The Morgan fingerprint density at radius 2 is 1.65 bits per heavy atom. The summed E-state index contributed by atoms with van der Waals surface area (Å²) < 4.78 is 0. The quantitative estimate of drug-likeness (QED) is 0.787. The zero-order valence-corrected chi connectivity index (χ0v) is 13.6. The molecule has 0 bridgehead atoms. The fourth-order valence-corrected chi connectivity index (χ4v) is 3.69. The largest absolute Gasteiger partial charge is 0.512 e. The number of aliphatic carboxylic acids is 1. The van der Waals surface area contributed by atoms with Crippen LogP contribution in [-0.2, 0) is 4.79 Å². The Balaban J connectivity index is 3.19. The number of aliphatic hydroxyl groups is 1. The molecule has 1 aliphatic rings. The van der Waals surface area contributed by atoms with Gasteiger partial charge in [-0.25, -0.2) is 0 Å². The molecule has 0 atom stereocenters. The van der Waals surface area contributed by atoms with Crippen molar-refractivity contribution in [1.82, 2.24) is 0 Å². The third-order valence-electron chi connectivity index (χ3n) is 4.63. The van der Waals surface area contributed by atoms with Crippen LogP contribution in [-0.4, -0.2) is 16.2 Å². The topological polar surface area (TPSA) is 57.5 Å². The van der Waals surface area contributed by atoms with Gasteiger partial charge in [-0.1, -0.05) is 53.2 Å². The highest BCUT2D eigenvalue weighted by atomic mass is 16.4. The average molecular weight is 280 g/mol. The lowest BCUT2D eigenvalue weighted by atomic mass is 9.50. The number of rotatable bonds is 3. The van der Waals surface area contributed by atoms with Gasteiger partial charge >= 0.3 is 5.97 Å². The van der Waals surface area contributed by atoms with Gasteiger partial charge in [0.25, 0.3) is 0 Å². The highest BCUT2D eigenvalue weighted by Crippen LogP contribution is 2.60. The summed E-state index contributed by atoms with van der Waals surface area (Å²) in [4.78, 5) is 10.8. The van der Waals surface area contributed by atoms with Crippen LogP contribution >= 0.6 is 0 Å². The van der Waals surface area contributed by atoms with Crippen molar-refractivity contribution in [2.24, 2.45) is 16.2 Å². The minimum atomic E-state index is -0.776. The molecule has 0 saturated carbocycles. The van der Waals surface area contributed by atoms with Crippen LogP contribution in [0.5, 0.6) is 0 Å². The molecule has 0 aromatic carbocycles. The molecule has 0 saturated heterocycles. The van der Waals surface area contributed by atoms with Crippen molar-refractivity contribution < 1.29 is 15.0 Å². The molecule has 3 nitrogen and oxygen atoms in total.